The number of benzene rings is 11. The number of allylic oxidation sites excluding steroid dienone is 6. The van der Waals surface area contributed by atoms with E-state index in [1.165, 1.54) is 104 Å². The molecule has 0 saturated carbocycles. The molecule has 1 heteroatoms. The Morgan fingerprint density at radius 1 is 0.333 bits per heavy atom. The van der Waals surface area contributed by atoms with E-state index < -0.39 is 5.41 Å². The van der Waals surface area contributed by atoms with Crippen molar-refractivity contribution in [2.24, 2.45) is 0 Å². The van der Waals surface area contributed by atoms with Crippen LogP contribution in [0, 0.1) is 0 Å². The van der Waals surface area contributed by atoms with Crippen molar-refractivity contribution >= 4 is 66.1 Å². The third-order valence-corrected chi connectivity index (χ3v) is 15.2. The average Bonchev–Trinajstić information content (AvgIpc) is 3.55. The van der Waals surface area contributed by atoms with Gasteiger partial charge in [-0.05, 0) is 173 Å². The highest BCUT2D eigenvalue weighted by atomic mass is 15.1. The number of fused-ring (bicyclic) bond motifs is 7. The van der Waals surface area contributed by atoms with E-state index in [1.54, 1.807) is 0 Å². The van der Waals surface area contributed by atoms with Crippen LogP contribution in [0.3, 0.4) is 0 Å². The predicted molar refractivity (Wildman–Crippen MR) is 308 cm³/mol. The maximum absolute atomic E-state index is 2.50. The Morgan fingerprint density at radius 2 is 0.861 bits per heavy atom. The van der Waals surface area contributed by atoms with Gasteiger partial charge in [0.2, 0.25) is 0 Å². The molecular weight excluding hydrogens is 867 g/mol. The predicted octanol–water partition coefficient (Wildman–Crippen LogP) is 19.2. The molecule has 0 spiro atoms. The minimum Gasteiger partial charge on any atom is -0.310 e. The number of hydrogen-bond donors (Lipinski definition) is 0. The Kier molecular flexibility index (Phi) is 11.1. The van der Waals surface area contributed by atoms with Gasteiger partial charge in [0.15, 0.2) is 0 Å². The van der Waals surface area contributed by atoms with E-state index in [0.29, 0.717) is 0 Å². The number of hydrogen-bond acceptors (Lipinski definition) is 1. The van der Waals surface area contributed by atoms with E-state index >= 15 is 0 Å². The summed E-state index contributed by atoms with van der Waals surface area (Å²) in [4.78, 5) is 2.50. The van der Waals surface area contributed by atoms with Crippen LogP contribution >= 0.6 is 0 Å². The fourth-order valence-electron chi connectivity index (χ4n) is 11.6. The topological polar surface area (TPSA) is 3.24 Å². The van der Waals surface area contributed by atoms with Gasteiger partial charge >= 0.3 is 0 Å². The lowest BCUT2D eigenvalue weighted by Gasteiger charge is -2.35. The molecule has 0 N–H and O–H groups in total. The highest BCUT2D eigenvalue weighted by Crippen LogP contribution is 2.46. The molecule has 0 heterocycles. The Labute approximate surface area is 422 Å². The lowest BCUT2D eigenvalue weighted by molar-refractivity contribution is 0.772. The third-order valence-electron chi connectivity index (χ3n) is 15.2. The summed E-state index contributed by atoms with van der Waals surface area (Å²) in [5.74, 6) is 0. The van der Waals surface area contributed by atoms with Crippen molar-refractivity contribution in [3.05, 3.63) is 300 Å². The monoisotopic (exact) mass is 919 g/mol. The molecule has 0 aromatic heterocycles. The normalized spacial score (nSPS) is 15.2. The zero-order chi connectivity index (χ0) is 47.8. The second kappa shape index (κ2) is 18.5. The second-order valence-corrected chi connectivity index (χ2v) is 19.4. The van der Waals surface area contributed by atoms with Crippen LogP contribution in [-0.2, 0) is 5.41 Å². The smallest absolute Gasteiger partial charge is 0.0637 e. The SMILES string of the molecule is C1=CC(N(c2ccc(-c3ccc4c(c3)/C=C/CC/C=C/C4(c3ccccc3)c3ccccc3)cc2)c2cccc(-c3ccc4ccc5ccccc5c4c3)c2)=C(c2ccc3ccc4ccccc4c3c2)CC1. The maximum Gasteiger partial charge on any atom is 0.0637 e. The van der Waals surface area contributed by atoms with E-state index in [9.17, 15) is 0 Å². The van der Waals surface area contributed by atoms with Crippen LogP contribution in [0.5, 0.6) is 0 Å². The van der Waals surface area contributed by atoms with Gasteiger partial charge in [0.1, 0.15) is 0 Å². The van der Waals surface area contributed by atoms with Gasteiger partial charge in [0, 0.05) is 17.1 Å². The third kappa shape index (κ3) is 7.75. The van der Waals surface area contributed by atoms with Crippen LogP contribution in [0.1, 0.15) is 53.5 Å². The molecule has 72 heavy (non-hydrogen) atoms. The fourth-order valence-corrected chi connectivity index (χ4v) is 11.6. The van der Waals surface area contributed by atoms with Gasteiger partial charge in [0.25, 0.3) is 0 Å². The van der Waals surface area contributed by atoms with E-state index in [4.69, 9.17) is 0 Å². The molecule has 13 rings (SSSR count). The quantitative estimate of drug-likeness (QED) is 0.108. The Morgan fingerprint density at radius 3 is 1.56 bits per heavy atom. The zero-order valence-corrected chi connectivity index (χ0v) is 40.3. The molecular formula is C71H53N. The first kappa shape index (κ1) is 43.3. The summed E-state index contributed by atoms with van der Waals surface area (Å²) in [5.41, 5.74) is 15.4. The Hall–Kier alpha value is -8.78. The van der Waals surface area contributed by atoms with Crippen molar-refractivity contribution in [3.63, 3.8) is 0 Å². The standard InChI is InChI=1S/C71H53N/c1-2-16-45-71(60-22-6-3-7-23-60,61-24-8-4-9-25-61)69-44-41-56(46-59(69)20-5-1)50-39-42-62(43-40-50)72(63-26-17-21-55(47-63)57-37-35-53-33-31-51-18-10-12-27-64(51)67(53)48-57)70-30-15-14-29-66(70)58-38-36-54-34-32-52-19-11-13-28-65(52)68(54)49-58/h3-13,15-28,30-49H,1-2,14,29H2/b20-5+,45-16+. The molecule has 0 fully saturated rings. The van der Waals surface area contributed by atoms with Gasteiger partial charge in [-0.2, -0.15) is 0 Å². The van der Waals surface area contributed by atoms with Crippen LogP contribution in [0.2, 0.25) is 0 Å². The molecule has 342 valence electrons. The minimum absolute atomic E-state index is 0.443. The van der Waals surface area contributed by atoms with Crippen molar-refractivity contribution in [2.45, 2.75) is 31.1 Å². The molecule has 2 aliphatic rings. The van der Waals surface area contributed by atoms with Gasteiger partial charge in [-0.3, -0.25) is 0 Å². The van der Waals surface area contributed by atoms with Crippen LogP contribution in [0.4, 0.5) is 11.4 Å². The summed E-state index contributed by atoms with van der Waals surface area (Å²) >= 11 is 0. The van der Waals surface area contributed by atoms with Gasteiger partial charge in [-0.15, -0.1) is 0 Å². The summed E-state index contributed by atoms with van der Waals surface area (Å²) in [7, 11) is 0. The van der Waals surface area contributed by atoms with Crippen LogP contribution in [0.15, 0.2) is 273 Å². The summed E-state index contributed by atoms with van der Waals surface area (Å²) in [6.07, 6.45) is 18.1. The molecule has 11 aromatic rings. The molecule has 11 aromatic carbocycles. The highest BCUT2D eigenvalue weighted by molar-refractivity contribution is 6.10. The van der Waals surface area contributed by atoms with E-state index in [-0.39, 0.29) is 0 Å². The first-order chi connectivity index (χ1) is 35.7. The van der Waals surface area contributed by atoms with Gasteiger partial charge in [-0.25, -0.2) is 0 Å². The molecule has 0 amide bonds. The highest BCUT2D eigenvalue weighted by Gasteiger charge is 2.35. The second-order valence-electron chi connectivity index (χ2n) is 19.4. The van der Waals surface area contributed by atoms with Gasteiger partial charge < -0.3 is 4.90 Å². The summed E-state index contributed by atoms with van der Waals surface area (Å²) < 4.78 is 0. The maximum atomic E-state index is 2.50. The van der Waals surface area contributed by atoms with Crippen LogP contribution < -0.4 is 4.90 Å². The minimum atomic E-state index is -0.443. The van der Waals surface area contributed by atoms with Crippen molar-refractivity contribution < 1.29 is 0 Å². The van der Waals surface area contributed by atoms with Crippen molar-refractivity contribution in [2.75, 3.05) is 4.90 Å². The number of rotatable bonds is 8. The van der Waals surface area contributed by atoms with E-state index in [2.05, 4.69) is 278 Å². The number of anilines is 2. The summed E-state index contributed by atoms with van der Waals surface area (Å²) in [5, 5.41) is 10.2. The summed E-state index contributed by atoms with van der Waals surface area (Å²) in [6, 6.07) is 88.0. The molecule has 0 atom stereocenters. The van der Waals surface area contributed by atoms with E-state index in [1.807, 2.05) is 0 Å². The van der Waals surface area contributed by atoms with Gasteiger partial charge in [0.05, 0.1) is 5.41 Å². The van der Waals surface area contributed by atoms with Crippen molar-refractivity contribution in [1.82, 2.24) is 0 Å². The van der Waals surface area contributed by atoms with Gasteiger partial charge in [-0.1, -0.05) is 225 Å². The first-order valence-electron chi connectivity index (χ1n) is 25.5. The molecule has 0 bridgehead atoms. The molecule has 1 nitrogen and oxygen atoms in total. The Bertz CT molecular complexity index is 3920. The first-order valence-corrected chi connectivity index (χ1v) is 25.5. The Balaban J connectivity index is 0.952. The molecule has 0 unspecified atom stereocenters. The van der Waals surface area contributed by atoms with Crippen molar-refractivity contribution in [1.29, 1.82) is 0 Å². The zero-order valence-electron chi connectivity index (χ0n) is 40.3. The molecule has 0 aliphatic heterocycles. The molecule has 0 saturated heterocycles. The molecule has 0 radical (unpaired) electrons. The summed E-state index contributed by atoms with van der Waals surface area (Å²) in [6.45, 7) is 0. The lowest BCUT2D eigenvalue weighted by Crippen LogP contribution is -2.28. The van der Waals surface area contributed by atoms with Crippen LogP contribution in [-0.4, -0.2) is 0 Å². The van der Waals surface area contributed by atoms with E-state index in [0.717, 1.165) is 37.1 Å². The van der Waals surface area contributed by atoms with Crippen LogP contribution in [0.25, 0.3) is 77.0 Å². The largest absolute Gasteiger partial charge is 0.310 e. The average molecular weight is 920 g/mol. The molecule has 2 aliphatic carbocycles. The lowest BCUT2D eigenvalue weighted by atomic mass is 9.67. The van der Waals surface area contributed by atoms with Crippen molar-refractivity contribution in [3.8, 4) is 22.3 Å². The number of nitrogens with zero attached hydrogens (tertiary/aromatic N) is 1. The fraction of sp³-hybridized carbons (Fsp3) is 0.0704.